The third-order valence-electron chi connectivity index (χ3n) is 0.895. The molecule has 0 fully saturated rings. The molecule has 0 aromatic heterocycles. The highest BCUT2D eigenvalue weighted by molar-refractivity contribution is 4.69. The summed E-state index contributed by atoms with van der Waals surface area (Å²) in [6, 6.07) is 2.07. The minimum absolute atomic E-state index is 0.629. The van der Waals surface area contributed by atoms with Crippen molar-refractivity contribution in [3.05, 3.63) is 6.61 Å². The van der Waals surface area contributed by atoms with E-state index in [1.165, 1.54) is 0 Å². The maximum absolute atomic E-state index is 8.12. The van der Waals surface area contributed by atoms with E-state index < -0.39 is 0 Å². The van der Waals surface area contributed by atoms with Crippen LogP contribution in [0, 0.1) is 17.9 Å². The van der Waals surface area contributed by atoms with E-state index in [0.29, 0.717) is 6.42 Å². The Balaban J connectivity index is 2.69. The Morgan fingerprint density at radius 3 is 3.00 bits per heavy atom. The van der Waals surface area contributed by atoms with Crippen LogP contribution in [0.4, 0.5) is 0 Å². The van der Waals surface area contributed by atoms with Crippen molar-refractivity contribution < 1.29 is 4.74 Å². The summed E-state index contributed by atoms with van der Waals surface area (Å²) >= 11 is 0. The summed E-state index contributed by atoms with van der Waals surface area (Å²) in [5.74, 6) is 0. The van der Waals surface area contributed by atoms with Gasteiger partial charge in [-0.05, 0) is 19.8 Å². The summed E-state index contributed by atoms with van der Waals surface area (Å²) < 4.78 is 4.95. The molecule has 0 aliphatic rings. The average Bonchev–Trinajstić information content (AvgIpc) is 1.89. The molecule has 0 N–H and O–H groups in total. The van der Waals surface area contributed by atoms with Crippen LogP contribution in [0.25, 0.3) is 0 Å². The normalized spacial score (nSPS) is 8.89. The summed E-state index contributed by atoms with van der Waals surface area (Å²) in [4.78, 5) is 0. The van der Waals surface area contributed by atoms with E-state index in [1.54, 1.807) is 6.61 Å². The topological polar surface area (TPSA) is 33.0 Å². The van der Waals surface area contributed by atoms with Crippen LogP contribution in [0.1, 0.15) is 26.2 Å². The summed E-state index contributed by atoms with van der Waals surface area (Å²) in [5, 5.41) is 8.12. The van der Waals surface area contributed by atoms with E-state index in [4.69, 9.17) is 10.00 Å². The maximum atomic E-state index is 8.12. The highest BCUT2D eigenvalue weighted by atomic mass is 16.5. The largest absolute Gasteiger partial charge is 0.376 e. The van der Waals surface area contributed by atoms with Crippen LogP contribution in [0.3, 0.4) is 0 Å². The minimum Gasteiger partial charge on any atom is -0.376 e. The number of rotatable bonds is 5. The van der Waals surface area contributed by atoms with E-state index in [1.807, 2.05) is 6.92 Å². The molecule has 0 unspecified atom stereocenters. The van der Waals surface area contributed by atoms with Crippen LogP contribution in [0.5, 0.6) is 0 Å². The lowest BCUT2D eigenvalue weighted by molar-refractivity contribution is 0.206. The summed E-state index contributed by atoms with van der Waals surface area (Å²) in [5.41, 5.74) is 0. The molecule has 1 radical (unpaired) electrons. The number of hydrogen-bond acceptors (Lipinski definition) is 2. The van der Waals surface area contributed by atoms with E-state index in [-0.39, 0.29) is 0 Å². The van der Waals surface area contributed by atoms with E-state index in [2.05, 4.69) is 6.07 Å². The zero-order valence-electron chi connectivity index (χ0n) is 5.76. The monoisotopic (exact) mass is 126 g/mol. The Hall–Kier alpha value is -0.550. The molecule has 0 aromatic rings. The second-order valence-electron chi connectivity index (χ2n) is 1.67. The fraction of sp³-hybridized carbons (Fsp3) is 0.714. The lowest BCUT2D eigenvalue weighted by Gasteiger charge is -1.95. The minimum atomic E-state index is 0.629. The molecule has 0 aliphatic heterocycles. The predicted molar refractivity (Wildman–Crippen MR) is 35.4 cm³/mol. The Morgan fingerprint density at radius 2 is 2.44 bits per heavy atom. The zero-order valence-corrected chi connectivity index (χ0v) is 5.76. The van der Waals surface area contributed by atoms with Crippen LogP contribution in [-0.4, -0.2) is 6.61 Å². The molecule has 2 heteroatoms. The van der Waals surface area contributed by atoms with Crippen LogP contribution in [0.15, 0.2) is 0 Å². The van der Waals surface area contributed by atoms with Gasteiger partial charge in [0.25, 0.3) is 0 Å². The Morgan fingerprint density at radius 1 is 1.67 bits per heavy atom. The summed E-state index contributed by atoms with van der Waals surface area (Å²) in [6.45, 7) is 4.44. The van der Waals surface area contributed by atoms with Gasteiger partial charge in [-0.15, -0.1) is 0 Å². The van der Waals surface area contributed by atoms with E-state index in [0.717, 1.165) is 19.4 Å². The van der Waals surface area contributed by atoms with Crippen LogP contribution in [0.2, 0.25) is 0 Å². The molecule has 51 valence electrons. The Kier molecular flexibility index (Phi) is 6.99. The molecule has 0 atom stereocenters. The van der Waals surface area contributed by atoms with Crippen LogP contribution in [-0.2, 0) is 4.74 Å². The van der Waals surface area contributed by atoms with Gasteiger partial charge < -0.3 is 4.74 Å². The third kappa shape index (κ3) is 7.45. The van der Waals surface area contributed by atoms with Gasteiger partial charge in [0.2, 0.25) is 0 Å². The maximum Gasteiger partial charge on any atom is 0.0836 e. The predicted octanol–water partition coefficient (Wildman–Crippen LogP) is 1.88. The number of ether oxygens (including phenoxy) is 1. The van der Waals surface area contributed by atoms with Crippen LogP contribution >= 0.6 is 0 Å². The molecule has 0 aromatic carbocycles. The zero-order chi connectivity index (χ0) is 6.95. The molecule has 0 heterocycles. The van der Waals surface area contributed by atoms with Crippen molar-refractivity contribution in [1.82, 2.24) is 0 Å². The molecule has 9 heavy (non-hydrogen) atoms. The smallest absolute Gasteiger partial charge is 0.0836 e. The van der Waals surface area contributed by atoms with E-state index in [9.17, 15) is 0 Å². The van der Waals surface area contributed by atoms with Gasteiger partial charge in [0.05, 0.1) is 12.7 Å². The first-order valence-electron chi connectivity index (χ1n) is 3.22. The van der Waals surface area contributed by atoms with Crippen LogP contribution < -0.4 is 0 Å². The lowest BCUT2D eigenvalue weighted by Crippen LogP contribution is -1.85. The van der Waals surface area contributed by atoms with Crippen molar-refractivity contribution in [2.24, 2.45) is 0 Å². The van der Waals surface area contributed by atoms with Crippen molar-refractivity contribution in [2.45, 2.75) is 26.2 Å². The van der Waals surface area contributed by atoms with Gasteiger partial charge in [0.15, 0.2) is 0 Å². The first kappa shape index (κ1) is 8.45. The van der Waals surface area contributed by atoms with E-state index >= 15 is 0 Å². The SMILES string of the molecule is CCO[CH]CCCC#N. The third-order valence-corrected chi connectivity index (χ3v) is 0.895. The molecule has 0 spiro atoms. The second-order valence-corrected chi connectivity index (χ2v) is 1.67. The molecular formula is C7H12NO. The Bertz CT molecular complexity index is 85.4. The van der Waals surface area contributed by atoms with Crippen molar-refractivity contribution in [1.29, 1.82) is 5.26 Å². The average molecular weight is 126 g/mol. The summed E-state index contributed by atoms with van der Waals surface area (Å²) in [7, 11) is 0. The fourth-order valence-electron chi connectivity index (χ4n) is 0.466. The molecule has 0 saturated carbocycles. The van der Waals surface area contributed by atoms with Crippen molar-refractivity contribution in [2.75, 3.05) is 6.61 Å². The fourth-order valence-corrected chi connectivity index (χ4v) is 0.466. The summed E-state index contributed by atoms with van der Waals surface area (Å²) in [6.07, 6.45) is 2.43. The van der Waals surface area contributed by atoms with Gasteiger partial charge in [-0.1, -0.05) is 0 Å². The number of unbranched alkanes of at least 4 members (excludes halogenated alkanes) is 2. The van der Waals surface area contributed by atoms with Crippen molar-refractivity contribution in [3.63, 3.8) is 0 Å². The highest BCUT2D eigenvalue weighted by Gasteiger charge is 1.86. The van der Waals surface area contributed by atoms with Gasteiger partial charge >= 0.3 is 0 Å². The van der Waals surface area contributed by atoms with Crippen molar-refractivity contribution >= 4 is 0 Å². The quantitative estimate of drug-likeness (QED) is 0.527. The first-order valence-corrected chi connectivity index (χ1v) is 3.22. The highest BCUT2D eigenvalue weighted by Crippen LogP contribution is 1.97. The van der Waals surface area contributed by atoms with Gasteiger partial charge in [-0.3, -0.25) is 0 Å². The lowest BCUT2D eigenvalue weighted by atomic mass is 10.3. The molecular weight excluding hydrogens is 114 g/mol. The van der Waals surface area contributed by atoms with Gasteiger partial charge in [0.1, 0.15) is 0 Å². The standard InChI is InChI=1S/C7H12NO/c1-2-9-7-5-3-4-6-8/h7H,2-5H2,1H3. The molecule has 0 saturated heterocycles. The Labute approximate surface area is 56.4 Å². The second kappa shape index (κ2) is 7.45. The molecule has 0 bridgehead atoms. The van der Waals surface area contributed by atoms with Gasteiger partial charge in [0, 0.05) is 13.0 Å². The molecule has 0 amide bonds. The number of hydrogen-bond donors (Lipinski definition) is 0. The molecule has 0 rings (SSSR count). The van der Waals surface area contributed by atoms with Crippen molar-refractivity contribution in [3.8, 4) is 6.07 Å². The first-order chi connectivity index (χ1) is 4.41. The van der Waals surface area contributed by atoms with Gasteiger partial charge in [-0.25, -0.2) is 0 Å². The molecule has 0 aliphatic carbocycles. The molecule has 2 nitrogen and oxygen atoms in total. The number of nitriles is 1. The van der Waals surface area contributed by atoms with Gasteiger partial charge in [-0.2, -0.15) is 5.26 Å². The number of nitrogens with zero attached hydrogens (tertiary/aromatic N) is 1.